The molecule has 0 bridgehead atoms. The maximum Gasteiger partial charge on any atom is 0.277 e. The number of nitrogens with zero attached hydrogens (tertiary/aromatic N) is 5. The molecule has 0 radical (unpaired) electrons. The molecule has 0 saturated carbocycles. The molecule has 0 aliphatic heterocycles. The molecule has 0 unspecified atom stereocenters. The number of carbonyl (C=O) groups excluding carboxylic acids is 1. The van der Waals surface area contributed by atoms with Crippen molar-refractivity contribution in [1.82, 2.24) is 30.6 Å². The molecular weight excluding hydrogens is 400 g/mol. The van der Waals surface area contributed by atoms with Gasteiger partial charge in [-0.15, -0.1) is 21.5 Å². The number of aryl methyl sites for hydroxylation is 3. The zero-order valence-electron chi connectivity index (χ0n) is 14.9. The number of nitrogens with one attached hydrogen (secondary N) is 1. The van der Waals surface area contributed by atoms with E-state index in [1.165, 1.54) is 16.5 Å². The molecule has 1 aromatic carbocycles. The molecule has 144 valence electrons. The van der Waals surface area contributed by atoms with E-state index in [0.717, 1.165) is 16.9 Å². The lowest BCUT2D eigenvalue weighted by atomic mass is 10.3. The van der Waals surface area contributed by atoms with E-state index in [4.69, 9.17) is 8.94 Å². The molecule has 28 heavy (non-hydrogen) atoms. The number of carbonyl (C=O) groups is 1. The van der Waals surface area contributed by atoms with Crippen molar-refractivity contribution in [3.05, 3.63) is 46.9 Å². The maximum atomic E-state index is 11.9. The first kappa shape index (κ1) is 18.6. The van der Waals surface area contributed by atoms with E-state index in [1.807, 2.05) is 18.2 Å². The summed E-state index contributed by atoms with van der Waals surface area (Å²) in [5.41, 5.74) is 1.01. The van der Waals surface area contributed by atoms with Crippen molar-refractivity contribution < 1.29 is 13.7 Å². The van der Waals surface area contributed by atoms with Crippen molar-refractivity contribution in [2.45, 2.75) is 31.5 Å². The number of thioether (sulfide) groups is 1. The number of amides is 1. The van der Waals surface area contributed by atoms with Crippen LogP contribution in [0.2, 0.25) is 0 Å². The minimum Gasteiger partial charge on any atom is -0.416 e. The lowest BCUT2D eigenvalue weighted by molar-refractivity contribution is -0.118. The Balaban J connectivity index is 1.23. The first-order valence-electron chi connectivity index (χ1n) is 8.51. The molecule has 0 fully saturated rings. The molecule has 11 heteroatoms. The monoisotopic (exact) mass is 416 g/mol. The van der Waals surface area contributed by atoms with Crippen molar-refractivity contribution >= 4 is 39.2 Å². The Hall–Kier alpha value is -2.79. The third-order valence-corrected chi connectivity index (χ3v) is 5.59. The van der Waals surface area contributed by atoms with E-state index >= 15 is 0 Å². The fraction of sp³-hybridized carbons (Fsp3) is 0.294. The van der Waals surface area contributed by atoms with Crippen LogP contribution in [0.1, 0.15) is 22.6 Å². The molecular formula is C17H16N6O3S2. The molecule has 0 aliphatic rings. The Bertz CT molecular complexity index is 1060. The Labute approximate surface area is 167 Å². The highest BCUT2D eigenvalue weighted by atomic mass is 32.2. The summed E-state index contributed by atoms with van der Waals surface area (Å²) < 4.78 is 11.7. The van der Waals surface area contributed by atoms with Crippen LogP contribution in [0.3, 0.4) is 0 Å². The number of fused-ring (bicyclic) bond motifs is 1. The van der Waals surface area contributed by atoms with Gasteiger partial charge in [0.05, 0.1) is 27.5 Å². The molecule has 0 aliphatic carbocycles. The van der Waals surface area contributed by atoms with Gasteiger partial charge < -0.3 is 14.3 Å². The van der Waals surface area contributed by atoms with E-state index in [2.05, 4.69) is 36.7 Å². The summed E-state index contributed by atoms with van der Waals surface area (Å²) in [7, 11) is 0. The summed E-state index contributed by atoms with van der Waals surface area (Å²) in [6, 6.07) is 8.04. The van der Waals surface area contributed by atoms with Crippen LogP contribution in [0, 0.1) is 6.92 Å². The van der Waals surface area contributed by atoms with Gasteiger partial charge in [0.25, 0.3) is 5.22 Å². The van der Waals surface area contributed by atoms with E-state index in [9.17, 15) is 4.79 Å². The number of aromatic nitrogens is 5. The molecule has 4 aromatic rings. The normalized spacial score (nSPS) is 11.2. The van der Waals surface area contributed by atoms with Gasteiger partial charge >= 0.3 is 0 Å². The van der Waals surface area contributed by atoms with Crippen LogP contribution in [0.15, 0.2) is 38.4 Å². The number of benzene rings is 1. The summed E-state index contributed by atoms with van der Waals surface area (Å²) in [5.74, 6) is 1.40. The van der Waals surface area contributed by atoms with Crippen molar-refractivity contribution in [1.29, 1.82) is 0 Å². The standard InChI is InChI=1S/C17H16N6O3S2/c1-10-19-15(26-23-10)8-18-13(24)9-27-17-22-21-14(25-17)6-7-16-20-11-4-2-3-5-12(11)28-16/h2-5H,6-9H2,1H3,(H,18,24). The largest absolute Gasteiger partial charge is 0.416 e. The van der Waals surface area contributed by atoms with Crippen LogP contribution in [-0.4, -0.2) is 37.0 Å². The molecule has 3 aromatic heterocycles. The third kappa shape index (κ3) is 4.73. The van der Waals surface area contributed by atoms with Crippen LogP contribution >= 0.6 is 23.1 Å². The van der Waals surface area contributed by atoms with Crippen LogP contribution in [-0.2, 0) is 24.2 Å². The summed E-state index contributed by atoms with van der Waals surface area (Å²) in [5, 5.41) is 15.8. The first-order chi connectivity index (χ1) is 13.7. The number of para-hydroxylation sites is 1. The van der Waals surface area contributed by atoms with E-state index in [0.29, 0.717) is 29.2 Å². The van der Waals surface area contributed by atoms with Gasteiger partial charge in [0.1, 0.15) is 0 Å². The molecule has 0 spiro atoms. The molecule has 1 N–H and O–H groups in total. The fourth-order valence-electron chi connectivity index (χ4n) is 2.40. The predicted molar refractivity (Wildman–Crippen MR) is 103 cm³/mol. The number of thiazole rings is 1. The second kappa shape index (κ2) is 8.48. The SMILES string of the molecule is Cc1noc(CNC(=O)CSc2nnc(CCc3nc4ccccc4s3)o2)n1. The first-order valence-corrected chi connectivity index (χ1v) is 10.3. The highest BCUT2D eigenvalue weighted by molar-refractivity contribution is 7.99. The summed E-state index contributed by atoms with van der Waals surface area (Å²) >= 11 is 2.85. The van der Waals surface area contributed by atoms with E-state index in [1.54, 1.807) is 18.3 Å². The molecule has 0 atom stereocenters. The van der Waals surface area contributed by atoms with Gasteiger partial charge in [-0.2, -0.15) is 4.98 Å². The van der Waals surface area contributed by atoms with Crippen molar-refractivity contribution in [2.75, 3.05) is 5.75 Å². The van der Waals surface area contributed by atoms with Crippen LogP contribution in [0.25, 0.3) is 10.2 Å². The molecule has 0 saturated heterocycles. The molecule has 4 rings (SSSR count). The van der Waals surface area contributed by atoms with Crippen LogP contribution in [0.5, 0.6) is 0 Å². The summed E-state index contributed by atoms with van der Waals surface area (Å²) in [6.45, 7) is 1.91. The lowest BCUT2D eigenvalue weighted by Gasteiger charge is -1.99. The van der Waals surface area contributed by atoms with Gasteiger partial charge in [-0.1, -0.05) is 29.1 Å². The van der Waals surface area contributed by atoms with Gasteiger partial charge in [0.15, 0.2) is 5.82 Å². The van der Waals surface area contributed by atoms with Crippen molar-refractivity contribution in [2.24, 2.45) is 0 Å². The fourth-order valence-corrected chi connectivity index (χ4v) is 3.98. The molecule has 3 heterocycles. The highest BCUT2D eigenvalue weighted by Crippen LogP contribution is 2.23. The molecule has 9 nitrogen and oxygen atoms in total. The van der Waals surface area contributed by atoms with Crippen molar-refractivity contribution in [3.63, 3.8) is 0 Å². The molecule has 1 amide bonds. The Morgan fingerprint density at radius 1 is 1.18 bits per heavy atom. The summed E-state index contributed by atoms with van der Waals surface area (Å²) in [6.07, 6.45) is 1.34. The average Bonchev–Trinajstić information content (AvgIpc) is 3.42. The second-order valence-corrected chi connectivity index (χ2v) is 7.88. The van der Waals surface area contributed by atoms with Crippen molar-refractivity contribution in [3.8, 4) is 0 Å². The van der Waals surface area contributed by atoms with Gasteiger partial charge in [-0.05, 0) is 19.1 Å². The predicted octanol–water partition coefficient (Wildman–Crippen LogP) is 2.56. The van der Waals surface area contributed by atoms with Gasteiger partial charge in [0, 0.05) is 12.8 Å². The Morgan fingerprint density at radius 2 is 2.07 bits per heavy atom. The smallest absolute Gasteiger partial charge is 0.277 e. The second-order valence-electron chi connectivity index (χ2n) is 5.84. The Kier molecular flexibility index (Phi) is 5.63. The topological polar surface area (TPSA) is 120 Å². The Morgan fingerprint density at radius 3 is 2.89 bits per heavy atom. The van der Waals surface area contributed by atoms with Gasteiger partial charge in [-0.25, -0.2) is 4.98 Å². The summed E-state index contributed by atoms with van der Waals surface area (Å²) in [4.78, 5) is 20.5. The van der Waals surface area contributed by atoms with Gasteiger partial charge in [-0.3, -0.25) is 4.79 Å². The average molecular weight is 416 g/mol. The number of hydrogen-bond acceptors (Lipinski definition) is 10. The lowest BCUT2D eigenvalue weighted by Crippen LogP contribution is -2.24. The van der Waals surface area contributed by atoms with E-state index in [-0.39, 0.29) is 18.2 Å². The van der Waals surface area contributed by atoms with Crippen LogP contribution in [0.4, 0.5) is 0 Å². The zero-order chi connectivity index (χ0) is 19.3. The van der Waals surface area contributed by atoms with E-state index < -0.39 is 0 Å². The minimum absolute atomic E-state index is 0.159. The maximum absolute atomic E-state index is 11.9. The number of hydrogen-bond donors (Lipinski definition) is 1. The minimum atomic E-state index is -0.185. The number of rotatable bonds is 8. The third-order valence-electron chi connectivity index (χ3n) is 3.67. The van der Waals surface area contributed by atoms with Gasteiger partial charge in [0.2, 0.25) is 17.7 Å². The highest BCUT2D eigenvalue weighted by Gasteiger charge is 2.12. The van der Waals surface area contributed by atoms with Crippen LogP contribution < -0.4 is 5.32 Å². The quantitative estimate of drug-likeness (QED) is 0.432. The zero-order valence-corrected chi connectivity index (χ0v) is 16.5.